The van der Waals surface area contributed by atoms with Gasteiger partial charge in [-0.2, -0.15) is 17.8 Å². The van der Waals surface area contributed by atoms with Gasteiger partial charge in [-0.15, -0.1) is 5.71 Å². The second-order valence-corrected chi connectivity index (χ2v) is 6.39. The number of rotatable bonds is 3. The van der Waals surface area contributed by atoms with E-state index < -0.39 is 0 Å². The van der Waals surface area contributed by atoms with E-state index in [4.69, 9.17) is 5.26 Å². The van der Waals surface area contributed by atoms with Gasteiger partial charge in [0.25, 0.3) is 0 Å². The molecule has 0 fully saturated rings. The summed E-state index contributed by atoms with van der Waals surface area (Å²) in [6, 6.07) is 9.61. The van der Waals surface area contributed by atoms with Crippen LogP contribution in [0.25, 0.3) is 0 Å². The van der Waals surface area contributed by atoms with Crippen molar-refractivity contribution in [2.45, 2.75) is 34.1 Å². The van der Waals surface area contributed by atoms with Crippen LogP contribution in [0, 0.1) is 28.9 Å². The first-order chi connectivity index (χ1) is 11.3. The largest absolute Gasteiger partial charge is 1.00 e. The Hall–Kier alpha value is -1.10. The molecule has 0 atom stereocenters. The molecular formula is C19H21KN4O-2. The number of allylic oxidation sites excluding steroid dienone is 1. The molecule has 5 nitrogen and oxygen atoms in total. The Labute approximate surface area is 192 Å². The van der Waals surface area contributed by atoms with Crippen LogP contribution >= 0.6 is 0 Å². The first-order valence-electron chi connectivity index (χ1n) is 7.54. The number of nitrogens with one attached hydrogen (secondary N) is 1. The van der Waals surface area contributed by atoms with Gasteiger partial charge in [0.05, 0.1) is 0 Å². The molecular weight excluding hydrogens is 339 g/mol. The molecule has 1 aromatic carbocycles. The van der Waals surface area contributed by atoms with Gasteiger partial charge >= 0.3 is 51.4 Å². The van der Waals surface area contributed by atoms with Gasteiger partial charge in [0.2, 0.25) is 0 Å². The van der Waals surface area contributed by atoms with Crippen LogP contribution in [0.3, 0.4) is 0 Å². The molecule has 126 valence electrons. The van der Waals surface area contributed by atoms with Gasteiger partial charge < -0.3 is 20.1 Å². The minimum Gasteiger partial charge on any atom is -0.423 e. The number of carbonyl (C=O) groups excluding carboxylic acids is 1. The minimum atomic E-state index is -0.125. The maximum atomic E-state index is 11.5. The summed E-state index contributed by atoms with van der Waals surface area (Å²) in [7, 11) is 0. The minimum absolute atomic E-state index is 0. The predicted octanol–water partition coefficient (Wildman–Crippen LogP) is 0.272. The Bertz CT molecular complexity index is 674. The third-order valence-electron chi connectivity index (χ3n) is 2.72. The van der Waals surface area contributed by atoms with Crippen molar-refractivity contribution in [2.75, 3.05) is 6.54 Å². The first kappa shape index (κ1) is 23.9. The second-order valence-electron chi connectivity index (χ2n) is 6.39. The number of amides is 1. The normalized spacial score (nSPS) is 12.5. The fourth-order valence-electron chi connectivity index (χ4n) is 1.64. The molecule has 0 radical (unpaired) electrons. The molecule has 1 aliphatic heterocycles. The van der Waals surface area contributed by atoms with Crippen molar-refractivity contribution in [3.05, 3.63) is 42.0 Å². The summed E-state index contributed by atoms with van der Waals surface area (Å²) in [4.78, 5) is 19.4. The van der Waals surface area contributed by atoms with Crippen LogP contribution < -0.4 is 56.7 Å². The zero-order chi connectivity index (χ0) is 18.0. The Morgan fingerprint density at radius 2 is 2.20 bits per heavy atom. The van der Waals surface area contributed by atoms with Crippen molar-refractivity contribution >= 4 is 23.6 Å². The van der Waals surface area contributed by atoms with Crippen molar-refractivity contribution < 1.29 is 56.2 Å². The predicted molar refractivity (Wildman–Crippen MR) is 95.1 cm³/mol. The van der Waals surface area contributed by atoms with Gasteiger partial charge in [-0.25, -0.2) is 23.5 Å². The number of nitrogens with zero attached hydrogens (tertiary/aromatic N) is 3. The van der Waals surface area contributed by atoms with Crippen molar-refractivity contribution in [2.24, 2.45) is 15.4 Å². The van der Waals surface area contributed by atoms with E-state index in [1.807, 2.05) is 39.8 Å². The molecule has 2 rings (SSSR count). The molecule has 1 amide bonds. The van der Waals surface area contributed by atoms with E-state index in [1.165, 1.54) is 6.07 Å². The monoisotopic (exact) mass is 360 g/mol. The van der Waals surface area contributed by atoms with Gasteiger partial charge in [0, 0.05) is 12.4 Å². The number of aliphatic imine (C=N–C) groups is 2. The molecule has 1 aliphatic rings. The fourth-order valence-corrected chi connectivity index (χ4v) is 1.64. The van der Waals surface area contributed by atoms with Crippen LogP contribution in [0.4, 0.5) is 5.69 Å². The van der Waals surface area contributed by atoms with Crippen molar-refractivity contribution in [3.8, 4) is 6.07 Å². The molecule has 0 spiro atoms. The van der Waals surface area contributed by atoms with Gasteiger partial charge in [0.15, 0.2) is 0 Å². The van der Waals surface area contributed by atoms with Crippen LogP contribution in [-0.4, -0.2) is 24.5 Å². The van der Waals surface area contributed by atoms with Crippen LogP contribution in [0.2, 0.25) is 0 Å². The summed E-state index contributed by atoms with van der Waals surface area (Å²) in [6.45, 7) is 8.69. The maximum Gasteiger partial charge on any atom is 1.00 e. The van der Waals surface area contributed by atoms with Gasteiger partial charge in [0.1, 0.15) is 5.91 Å². The van der Waals surface area contributed by atoms with E-state index in [2.05, 4.69) is 33.8 Å². The zero-order valence-corrected chi connectivity index (χ0v) is 18.6. The van der Waals surface area contributed by atoms with E-state index in [0.29, 0.717) is 17.7 Å². The number of carbonyl (C=O) groups is 1. The van der Waals surface area contributed by atoms with Crippen molar-refractivity contribution in [1.29, 1.82) is 5.26 Å². The molecule has 1 heterocycles. The van der Waals surface area contributed by atoms with Gasteiger partial charge in [-0.05, 0) is 18.4 Å². The standard InChI is InChI=1S/C14H15N3O.C5H6N.K/c1-14(2,3)8-13(18)17-10-16-12-6-4-11(9-15)5-7-12;1-5-3-2-4-6-5;/h4-6H,8H2,1-3H3,(H,16,17,18);3H,4H2,1H3;/q-2;-1;+1. The summed E-state index contributed by atoms with van der Waals surface area (Å²) >= 11 is 0. The van der Waals surface area contributed by atoms with Gasteiger partial charge in [-0.1, -0.05) is 33.3 Å². The van der Waals surface area contributed by atoms with Crippen LogP contribution in [-0.2, 0) is 4.79 Å². The molecule has 0 bridgehead atoms. The van der Waals surface area contributed by atoms with Gasteiger partial charge in [-0.3, -0.25) is 6.08 Å². The quantitative estimate of drug-likeness (QED) is 0.276. The molecule has 0 aromatic heterocycles. The molecule has 25 heavy (non-hydrogen) atoms. The average molecular weight is 361 g/mol. The molecule has 0 saturated carbocycles. The Balaban J connectivity index is 0.000000693. The van der Waals surface area contributed by atoms with E-state index in [0.717, 1.165) is 12.3 Å². The SMILES string of the molecule is CC(C)(C)CC(=O)N[C-]=Nc1[c-]cc(C#N)cc1.CC1=NC[C-]=C1.[K+]. The summed E-state index contributed by atoms with van der Waals surface area (Å²) in [5, 5.41) is 11.1. The average Bonchev–Trinajstić information content (AvgIpc) is 2.98. The van der Waals surface area contributed by atoms with E-state index >= 15 is 0 Å². The third-order valence-corrected chi connectivity index (χ3v) is 2.72. The van der Waals surface area contributed by atoms with Crippen LogP contribution in [0.15, 0.2) is 34.3 Å². The molecule has 1 N–H and O–H groups in total. The summed E-state index contributed by atoms with van der Waals surface area (Å²) in [5.74, 6) is -0.125. The van der Waals surface area contributed by atoms with E-state index in [1.54, 1.807) is 12.1 Å². The first-order valence-corrected chi connectivity index (χ1v) is 7.54. The molecule has 0 saturated heterocycles. The Morgan fingerprint density at radius 3 is 2.60 bits per heavy atom. The van der Waals surface area contributed by atoms with Crippen LogP contribution in [0.1, 0.15) is 39.7 Å². The van der Waals surface area contributed by atoms with E-state index in [9.17, 15) is 4.79 Å². The Morgan fingerprint density at radius 1 is 1.48 bits per heavy atom. The summed E-state index contributed by atoms with van der Waals surface area (Å²) < 4.78 is 0. The van der Waals surface area contributed by atoms with Crippen molar-refractivity contribution in [1.82, 2.24) is 5.32 Å². The third kappa shape index (κ3) is 12.0. The van der Waals surface area contributed by atoms with Crippen LogP contribution in [0.5, 0.6) is 0 Å². The second kappa shape index (κ2) is 12.3. The summed E-state index contributed by atoms with van der Waals surface area (Å²) in [6.07, 6.45) is 7.73. The smallest absolute Gasteiger partial charge is 0.423 e. The molecule has 0 unspecified atom stereocenters. The summed E-state index contributed by atoms with van der Waals surface area (Å²) in [5.41, 5.74) is 2.07. The zero-order valence-electron chi connectivity index (χ0n) is 15.5. The number of benzene rings is 1. The number of hydrogen-bond donors (Lipinski definition) is 1. The topological polar surface area (TPSA) is 77.6 Å². The number of nitriles is 1. The fraction of sp³-hybridized carbons (Fsp3) is 0.368. The van der Waals surface area contributed by atoms with E-state index in [-0.39, 0.29) is 62.7 Å². The molecule has 0 aliphatic carbocycles. The Kier molecular flexibility index (Phi) is 11.7. The number of hydrogen-bond acceptors (Lipinski definition) is 4. The maximum absolute atomic E-state index is 11.5. The van der Waals surface area contributed by atoms with Crippen molar-refractivity contribution in [3.63, 3.8) is 0 Å². The molecule has 6 heteroatoms. The molecule has 1 aromatic rings.